The molecule has 0 spiro atoms. The van der Waals surface area contributed by atoms with E-state index in [1.807, 2.05) is 6.92 Å². The number of piperidine rings is 1. The SMILES string of the molecule is Cc1nc(CN2CCCCC2)sc1C(=O)NCCc1ccccc1F. The summed E-state index contributed by atoms with van der Waals surface area (Å²) in [4.78, 5) is 20.0. The molecule has 2 aromatic rings. The molecule has 1 aromatic carbocycles. The third-order valence-electron chi connectivity index (χ3n) is 4.49. The number of nitrogens with zero attached hydrogens (tertiary/aromatic N) is 2. The second kappa shape index (κ2) is 8.54. The number of thiazole rings is 1. The summed E-state index contributed by atoms with van der Waals surface area (Å²) in [6, 6.07) is 6.66. The van der Waals surface area contributed by atoms with Gasteiger partial charge in [0.15, 0.2) is 0 Å². The molecule has 1 aliphatic heterocycles. The number of likely N-dealkylation sites (tertiary alicyclic amines) is 1. The second-order valence-electron chi connectivity index (χ2n) is 6.46. The van der Waals surface area contributed by atoms with Crippen molar-refractivity contribution in [1.82, 2.24) is 15.2 Å². The van der Waals surface area contributed by atoms with Gasteiger partial charge in [0.05, 0.1) is 12.2 Å². The number of halogens is 1. The van der Waals surface area contributed by atoms with Gasteiger partial charge in [-0.05, 0) is 50.9 Å². The summed E-state index contributed by atoms with van der Waals surface area (Å²) in [6.45, 7) is 5.35. The van der Waals surface area contributed by atoms with Crippen LogP contribution >= 0.6 is 11.3 Å². The zero-order chi connectivity index (χ0) is 17.6. The van der Waals surface area contributed by atoms with E-state index in [1.54, 1.807) is 18.2 Å². The third kappa shape index (κ3) is 4.86. The van der Waals surface area contributed by atoms with Crippen molar-refractivity contribution >= 4 is 17.2 Å². The number of carbonyl (C=O) groups is 1. The monoisotopic (exact) mass is 361 g/mol. The molecule has 1 N–H and O–H groups in total. The lowest BCUT2D eigenvalue weighted by Gasteiger charge is -2.25. The predicted molar refractivity (Wildman–Crippen MR) is 98.4 cm³/mol. The molecule has 1 saturated heterocycles. The van der Waals surface area contributed by atoms with Gasteiger partial charge in [0.25, 0.3) is 5.91 Å². The first-order valence-electron chi connectivity index (χ1n) is 8.84. The van der Waals surface area contributed by atoms with Crippen LogP contribution in [-0.2, 0) is 13.0 Å². The summed E-state index contributed by atoms with van der Waals surface area (Å²) in [7, 11) is 0. The van der Waals surface area contributed by atoms with Gasteiger partial charge in [-0.3, -0.25) is 9.69 Å². The van der Waals surface area contributed by atoms with Gasteiger partial charge in [0.1, 0.15) is 15.7 Å². The Kier molecular flexibility index (Phi) is 6.15. The average molecular weight is 361 g/mol. The minimum atomic E-state index is -0.227. The molecule has 1 aliphatic rings. The molecule has 0 atom stereocenters. The smallest absolute Gasteiger partial charge is 0.263 e. The average Bonchev–Trinajstić information content (AvgIpc) is 2.98. The highest BCUT2D eigenvalue weighted by Crippen LogP contribution is 2.21. The summed E-state index contributed by atoms with van der Waals surface area (Å²) in [5.41, 5.74) is 1.40. The van der Waals surface area contributed by atoms with E-state index in [9.17, 15) is 9.18 Å². The standard InChI is InChI=1S/C19H24FN3OS/c1-14-18(25-17(22-14)13-23-11-5-2-6-12-23)19(24)21-10-9-15-7-3-4-8-16(15)20/h3-4,7-8H,2,5-6,9-13H2,1H3,(H,21,24). The first-order valence-corrected chi connectivity index (χ1v) is 9.65. The molecular formula is C19H24FN3OS. The third-order valence-corrected chi connectivity index (χ3v) is 5.63. The first kappa shape index (κ1) is 18.0. The number of nitrogens with one attached hydrogen (secondary N) is 1. The van der Waals surface area contributed by atoms with Crippen LogP contribution in [0.5, 0.6) is 0 Å². The number of amides is 1. The van der Waals surface area contributed by atoms with Crippen LogP contribution in [0, 0.1) is 12.7 Å². The highest BCUT2D eigenvalue weighted by atomic mass is 32.1. The number of aryl methyl sites for hydroxylation is 1. The molecule has 2 heterocycles. The van der Waals surface area contributed by atoms with E-state index in [0.29, 0.717) is 23.4 Å². The lowest BCUT2D eigenvalue weighted by molar-refractivity contribution is 0.0957. The highest BCUT2D eigenvalue weighted by molar-refractivity contribution is 7.13. The van der Waals surface area contributed by atoms with Gasteiger partial charge in [0.2, 0.25) is 0 Å². The van der Waals surface area contributed by atoms with E-state index in [0.717, 1.165) is 30.3 Å². The van der Waals surface area contributed by atoms with Gasteiger partial charge in [-0.15, -0.1) is 11.3 Å². The molecule has 134 valence electrons. The summed E-state index contributed by atoms with van der Waals surface area (Å²) >= 11 is 1.47. The Labute approximate surface area is 152 Å². The van der Waals surface area contributed by atoms with Crippen molar-refractivity contribution < 1.29 is 9.18 Å². The summed E-state index contributed by atoms with van der Waals surface area (Å²) in [6.07, 6.45) is 4.28. The van der Waals surface area contributed by atoms with E-state index in [2.05, 4.69) is 15.2 Å². The van der Waals surface area contributed by atoms with E-state index >= 15 is 0 Å². The normalized spacial score (nSPS) is 15.3. The molecular weight excluding hydrogens is 337 g/mol. The van der Waals surface area contributed by atoms with Crippen molar-refractivity contribution in [1.29, 1.82) is 0 Å². The Bertz CT molecular complexity index is 725. The van der Waals surface area contributed by atoms with E-state index in [4.69, 9.17) is 0 Å². The number of rotatable bonds is 6. The Morgan fingerprint density at radius 2 is 2.04 bits per heavy atom. The fourth-order valence-electron chi connectivity index (χ4n) is 3.13. The first-order chi connectivity index (χ1) is 12.1. The van der Waals surface area contributed by atoms with Crippen molar-refractivity contribution in [3.63, 3.8) is 0 Å². The molecule has 3 rings (SSSR count). The van der Waals surface area contributed by atoms with Crippen molar-refractivity contribution in [2.24, 2.45) is 0 Å². The van der Waals surface area contributed by atoms with Gasteiger partial charge < -0.3 is 5.32 Å². The van der Waals surface area contributed by atoms with Crippen molar-refractivity contribution in [2.45, 2.75) is 39.2 Å². The molecule has 0 saturated carbocycles. The maximum absolute atomic E-state index is 13.6. The van der Waals surface area contributed by atoms with Crippen LogP contribution in [0.3, 0.4) is 0 Å². The second-order valence-corrected chi connectivity index (χ2v) is 7.54. The highest BCUT2D eigenvalue weighted by Gasteiger charge is 2.18. The zero-order valence-electron chi connectivity index (χ0n) is 14.6. The number of benzene rings is 1. The lowest BCUT2D eigenvalue weighted by atomic mass is 10.1. The summed E-state index contributed by atoms with van der Waals surface area (Å²) in [5.74, 6) is -0.342. The van der Waals surface area contributed by atoms with Crippen LogP contribution in [0.2, 0.25) is 0 Å². The maximum atomic E-state index is 13.6. The van der Waals surface area contributed by atoms with Crippen molar-refractivity contribution in [3.05, 3.63) is 51.2 Å². The largest absolute Gasteiger partial charge is 0.351 e. The lowest BCUT2D eigenvalue weighted by Crippen LogP contribution is -2.29. The van der Waals surface area contributed by atoms with Crippen molar-refractivity contribution in [2.75, 3.05) is 19.6 Å². The summed E-state index contributed by atoms with van der Waals surface area (Å²) in [5, 5.41) is 3.88. The minimum Gasteiger partial charge on any atom is -0.351 e. The van der Waals surface area contributed by atoms with E-state index in [1.165, 1.54) is 36.7 Å². The Morgan fingerprint density at radius 3 is 2.80 bits per heavy atom. The molecule has 0 radical (unpaired) electrons. The quantitative estimate of drug-likeness (QED) is 0.856. The van der Waals surface area contributed by atoms with Crippen LogP contribution in [0.25, 0.3) is 0 Å². The van der Waals surface area contributed by atoms with E-state index < -0.39 is 0 Å². The maximum Gasteiger partial charge on any atom is 0.263 e. The van der Waals surface area contributed by atoms with Crippen molar-refractivity contribution in [3.8, 4) is 0 Å². The van der Waals surface area contributed by atoms with Gasteiger partial charge in [-0.1, -0.05) is 24.6 Å². The number of hydrogen-bond donors (Lipinski definition) is 1. The van der Waals surface area contributed by atoms with E-state index in [-0.39, 0.29) is 11.7 Å². The Balaban J connectivity index is 1.54. The molecule has 6 heteroatoms. The zero-order valence-corrected chi connectivity index (χ0v) is 15.4. The fourth-order valence-corrected chi connectivity index (χ4v) is 4.16. The fraction of sp³-hybridized carbons (Fsp3) is 0.474. The number of carbonyl (C=O) groups excluding carboxylic acids is 1. The molecule has 0 unspecified atom stereocenters. The molecule has 1 fully saturated rings. The minimum absolute atomic E-state index is 0.115. The number of hydrogen-bond acceptors (Lipinski definition) is 4. The molecule has 1 aromatic heterocycles. The van der Waals surface area contributed by atoms with Crippen LogP contribution < -0.4 is 5.32 Å². The van der Waals surface area contributed by atoms with Crippen LogP contribution in [0.1, 0.15) is 45.2 Å². The molecule has 0 bridgehead atoms. The molecule has 1 amide bonds. The predicted octanol–water partition coefficient (Wildman–Crippen LogP) is 3.55. The van der Waals surface area contributed by atoms with Gasteiger partial charge in [-0.25, -0.2) is 9.37 Å². The molecule has 0 aliphatic carbocycles. The van der Waals surface area contributed by atoms with Gasteiger partial charge >= 0.3 is 0 Å². The van der Waals surface area contributed by atoms with Crippen LogP contribution in [0.15, 0.2) is 24.3 Å². The molecule has 4 nitrogen and oxygen atoms in total. The topological polar surface area (TPSA) is 45.2 Å². The Morgan fingerprint density at radius 1 is 1.28 bits per heavy atom. The van der Waals surface area contributed by atoms with Gasteiger partial charge in [0, 0.05) is 6.54 Å². The summed E-state index contributed by atoms with van der Waals surface area (Å²) < 4.78 is 13.6. The van der Waals surface area contributed by atoms with Gasteiger partial charge in [-0.2, -0.15) is 0 Å². The molecule has 25 heavy (non-hydrogen) atoms. The Hall–Kier alpha value is -1.79. The van der Waals surface area contributed by atoms with Crippen LogP contribution in [0.4, 0.5) is 4.39 Å². The number of aromatic nitrogens is 1. The van der Waals surface area contributed by atoms with Crippen LogP contribution in [-0.4, -0.2) is 35.4 Å².